The van der Waals surface area contributed by atoms with Gasteiger partial charge in [0.2, 0.25) is 0 Å². The molecule has 1 aliphatic carbocycles. The second kappa shape index (κ2) is 7.40. The summed E-state index contributed by atoms with van der Waals surface area (Å²) in [5, 5.41) is 13.5. The summed E-state index contributed by atoms with van der Waals surface area (Å²) in [7, 11) is 1.74. The smallest absolute Gasteiger partial charge is 0.0793 e. The molecular formula is C13H27N3O2. The van der Waals surface area contributed by atoms with Crippen LogP contribution in [0.1, 0.15) is 12.8 Å². The van der Waals surface area contributed by atoms with Crippen LogP contribution in [0, 0.1) is 0 Å². The number of piperazine rings is 1. The summed E-state index contributed by atoms with van der Waals surface area (Å²) in [6.07, 6.45) is 2.33. The maximum Gasteiger partial charge on any atom is 0.0793 e. The zero-order valence-electron chi connectivity index (χ0n) is 11.5. The third kappa shape index (κ3) is 4.82. The molecule has 2 fully saturated rings. The van der Waals surface area contributed by atoms with Gasteiger partial charge >= 0.3 is 0 Å². The van der Waals surface area contributed by atoms with Gasteiger partial charge < -0.3 is 15.2 Å². The van der Waals surface area contributed by atoms with Crippen LogP contribution in [0.5, 0.6) is 0 Å². The van der Waals surface area contributed by atoms with Crippen LogP contribution in [-0.4, -0.2) is 86.6 Å². The van der Waals surface area contributed by atoms with E-state index in [0.29, 0.717) is 6.04 Å². The van der Waals surface area contributed by atoms with Crippen LogP contribution in [0.15, 0.2) is 0 Å². The Morgan fingerprint density at radius 3 is 2.72 bits per heavy atom. The van der Waals surface area contributed by atoms with E-state index in [0.717, 1.165) is 52.4 Å². The topological polar surface area (TPSA) is 48.0 Å². The molecule has 1 saturated heterocycles. The zero-order valence-corrected chi connectivity index (χ0v) is 11.5. The number of aliphatic hydroxyl groups excluding tert-OH is 1. The number of methoxy groups -OCH3 is 1. The van der Waals surface area contributed by atoms with Gasteiger partial charge in [-0.1, -0.05) is 0 Å². The summed E-state index contributed by atoms with van der Waals surface area (Å²) >= 11 is 0. The van der Waals surface area contributed by atoms with Crippen molar-refractivity contribution >= 4 is 0 Å². The van der Waals surface area contributed by atoms with Crippen molar-refractivity contribution in [3.05, 3.63) is 0 Å². The van der Waals surface area contributed by atoms with Gasteiger partial charge in [-0.05, 0) is 12.8 Å². The molecule has 18 heavy (non-hydrogen) atoms. The average Bonchev–Trinajstić information content (AvgIpc) is 3.20. The first-order valence-electron chi connectivity index (χ1n) is 7.13. The molecule has 5 nitrogen and oxygen atoms in total. The molecule has 1 unspecified atom stereocenters. The molecule has 0 aromatic carbocycles. The fraction of sp³-hybridized carbons (Fsp3) is 1.00. The van der Waals surface area contributed by atoms with Crippen LogP contribution in [0.3, 0.4) is 0 Å². The molecular weight excluding hydrogens is 230 g/mol. The van der Waals surface area contributed by atoms with Gasteiger partial charge in [0.05, 0.1) is 12.7 Å². The van der Waals surface area contributed by atoms with Gasteiger partial charge in [0, 0.05) is 59.0 Å². The monoisotopic (exact) mass is 257 g/mol. The Labute approximate surface area is 110 Å². The summed E-state index contributed by atoms with van der Waals surface area (Å²) in [6.45, 7) is 7.50. The Hall–Kier alpha value is -0.200. The van der Waals surface area contributed by atoms with E-state index in [9.17, 15) is 5.11 Å². The van der Waals surface area contributed by atoms with Gasteiger partial charge in [-0.2, -0.15) is 0 Å². The highest BCUT2D eigenvalue weighted by Crippen LogP contribution is 2.26. The number of β-amino-alcohol motifs (C(OH)–C–C–N with tert-alkyl or cyclic N) is 1. The van der Waals surface area contributed by atoms with Crippen LogP contribution >= 0.6 is 0 Å². The maximum absolute atomic E-state index is 10.2. The summed E-state index contributed by atoms with van der Waals surface area (Å²) in [6, 6.07) is 0.692. The first kappa shape index (κ1) is 14.2. The Morgan fingerprint density at radius 2 is 2.11 bits per heavy atom. The summed E-state index contributed by atoms with van der Waals surface area (Å²) < 4.78 is 5.14. The lowest BCUT2D eigenvalue weighted by Crippen LogP contribution is -2.48. The number of rotatable bonds is 8. The van der Waals surface area contributed by atoms with Gasteiger partial charge in [0.25, 0.3) is 0 Å². The van der Waals surface area contributed by atoms with E-state index in [1.54, 1.807) is 7.11 Å². The largest absolute Gasteiger partial charge is 0.390 e. The molecule has 0 spiro atoms. The molecule has 2 N–H and O–H groups in total. The summed E-state index contributed by atoms with van der Waals surface area (Å²) in [5.41, 5.74) is 0. The molecule has 0 bridgehead atoms. The molecule has 1 aliphatic heterocycles. The standard InChI is InChI=1S/C13H27N3O2/c1-18-9-8-16(12-2-3-12)11-13(17)10-15-6-4-14-5-7-15/h12-14,17H,2-11H2,1H3. The number of hydrogen-bond donors (Lipinski definition) is 2. The van der Waals surface area contributed by atoms with Crippen molar-refractivity contribution in [2.45, 2.75) is 25.0 Å². The lowest BCUT2D eigenvalue weighted by atomic mass is 10.2. The van der Waals surface area contributed by atoms with Crippen molar-refractivity contribution in [3.8, 4) is 0 Å². The molecule has 106 valence electrons. The van der Waals surface area contributed by atoms with Crippen LogP contribution in [0.4, 0.5) is 0 Å². The molecule has 1 heterocycles. The molecule has 0 aromatic heterocycles. The number of aliphatic hydroxyl groups is 1. The van der Waals surface area contributed by atoms with Crippen molar-refractivity contribution in [1.82, 2.24) is 15.1 Å². The van der Waals surface area contributed by atoms with E-state index in [4.69, 9.17) is 4.74 Å². The predicted molar refractivity (Wildman–Crippen MR) is 71.8 cm³/mol. The minimum atomic E-state index is -0.236. The van der Waals surface area contributed by atoms with E-state index < -0.39 is 0 Å². The molecule has 0 aromatic rings. The molecule has 2 aliphatic rings. The number of hydrogen-bond acceptors (Lipinski definition) is 5. The second-order valence-corrected chi connectivity index (χ2v) is 5.42. The van der Waals surface area contributed by atoms with Gasteiger partial charge in [-0.3, -0.25) is 9.80 Å². The van der Waals surface area contributed by atoms with Crippen molar-refractivity contribution in [3.63, 3.8) is 0 Å². The van der Waals surface area contributed by atoms with E-state index in [1.807, 2.05) is 0 Å². The van der Waals surface area contributed by atoms with Crippen LogP contribution in [0.25, 0.3) is 0 Å². The molecule has 1 atom stereocenters. The Balaban J connectivity index is 1.68. The van der Waals surface area contributed by atoms with Crippen molar-refractivity contribution in [2.24, 2.45) is 0 Å². The lowest BCUT2D eigenvalue weighted by Gasteiger charge is -2.31. The van der Waals surface area contributed by atoms with E-state index in [1.165, 1.54) is 12.8 Å². The number of nitrogens with zero attached hydrogens (tertiary/aromatic N) is 2. The van der Waals surface area contributed by atoms with Crippen LogP contribution < -0.4 is 5.32 Å². The van der Waals surface area contributed by atoms with Crippen molar-refractivity contribution in [1.29, 1.82) is 0 Å². The summed E-state index contributed by atoms with van der Waals surface area (Å²) in [5.74, 6) is 0. The quantitative estimate of drug-likeness (QED) is 0.606. The fourth-order valence-electron chi connectivity index (χ4n) is 2.59. The maximum atomic E-state index is 10.2. The number of ether oxygens (including phenoxy) is 1. The van der Waals surface area contributed by atoms with Crippen LogP contribution in [0.2, 0.25) is 0 Å². The minimum Gasteiger partial charge on any atom is -0.390 e. The molecule has 5 heteroatoms. The third-order valence-corrected chi connectivity index (χ3v) is 3.77. The Bertz CT molecular complexity index is 230. The highest BCUT2D eigenvalue weighted by molar-refractivity contribution is 4.86. The van der Waals surface area contributed by atoms with Crippen LogP contribution in [-0.2, 0) is 4.74 Å². The third-order valence-electron chi connectivity index (χ3n) is 3.77. The molecule has 0 amide bonds. The average molecular weight is 257 g/mol. The SMILES string of the molecule is COCCN(CC(O)CN1CCNCC1)C1CC1. The molecule has 1 saturated carbocycles. The summed E-state index contributed by atoms with van der Waals surface area (Å²) in [4.78, 5) is 4.74. The van der Waals surface area contributed by atoms with Gasteiger partial charge in [0.1, 0.15) is 0 Å². The van der Waals surface area contributed by atoms with Crippen molar-refractivity contribution < 1.29 is 9.84 Å². The Morgan fingerprint density at radius 1 is 1.39 bits per heavy atom. The van der Waals surface area contributed by atoms with E-state index in [2.05, 4.69) is 15.1 Å². The molecule has 0 radical (unpaired) electrons. The minimum absolute atomic E-state index is 0.236. The van der Waals surface area contributed by atoms with E-state index >= 15 is 0 Å². The van der Waals surface area contributed by atoms with E-state index in [-0.39, 0.29) is 6.10 Å². The number of nitrogens with one attached hydrogen (secondary N) is 1. The second-order valence-electron chi connectivity index (χ2n) is 5.42. The highest BCUT2D eigenvalue weighted by Gasteiger charge is 2.30. The molecule has 2 rings (SSSR count). The normalized spacial score (nSPS) is 23.5. The van der Waals surface area contributed by atoms with Gasteiger partial charge in [-0.25, -0.2) is 0 Å². The highest BCUT2D eigenvalue weighted by atomic mass is 16.5. The van der Waals surface area contributed by atoms with Gasteiger partial charge in [-0.15, -0.1) is 0 Å². The first-order valence-corrected chi connectivity index (χ1v) is 7.13. The fourth-order valence-corrected chi connectivity index (χ4v) is 2.59. The Kier molecular flexibility index (Phi) is 5.85. The first-order chi connectivity index (χ1) is 8.79. The zero-order chi connectivity index (χ0) is 12.8. The van der Waals surface area contributed by atoms with Crippen molar-refractivity contribution in [2.75, 3.05) is 59.5 Å². The van der Waals surface area contributed by atoms with Gasteiger partial charge in [0.15, 0.2) is 0 Å². The lowest BCUT2D eigenvalue weighted by molar-refractivity contribution is 0.0556. The predicted octanol–water partition coefficient (Wildman–Crippen LogP) is -0.637.